The minimum atomic E-state index is -0.0427. The molecule has 112 valence electrons. The summed E-state index contributed by atoms with van der Waals surface area (Å²) in [7, 11) is 3.46. The van der Waals surface area contributed by atoms with E-state index in [0.29, 0.717) is 34.9 Å². The van der Waals surface area contributed by atoms with Crippen LogP contribution < -0.4 is 11.1 Å². The Bertz CT molecular complexity index is 477. The van der Waals surface area contributed by atoms with Crippen molar-refractivity contribution in [3.05, 3.63) is 4.88 Å². The van der Waals surface area contributed by atoms with Gasteiger partial charge in [-0.05, 0) is 18.3 Å². The summed E-state index contributed by atoms with van der Waals surface area (Å²) in [4.78, 5) is 18.8. The van der Waals surface area contributed by atoms with E-state index in [-0.39, 0.29) is 5.91 Å². The molecule has 1 aromatic rings. The Balaban J connectivity index is 1.94. The number of hydrogen-bond acceptors (Lipinski definition) is 6. The van der Waals surface area contributed by atoms with E-state index >= 15 is 0 Å². The Morgan fingerprint density at radius 1 is 1.65 bits per heavy atom. The largest absolute Gasteiger partial charge is 0.383 e. The van der Waals surface area contributed by atoms with Crippen LogP contribution in [0.4, 0.5) is 10.9 Å². The molecule has 1 aromatic heterocycles. The fraction of sp³-hybridized carbons (Fsp3) is 0.692. The zero-order valence-electron chi connectivity index (χ0n) is 12.2. The number of nitrogens with zero attached hydrogens (tertiary/aromatic N) is 2. The van der Waals surface area contributed by atoms with Gasteiger partial charge < -0.3 is 20.7 Å². The summed E-state index contributed by atoms with van der Waals surface area (Å²) in [6, 6.07) is 0. The predicted molar refractivity (Wildman–Crippen MR) is 81.1 cm³/mol. The van der Waals surface area contributed by atoms with Gasteiger partial charge in [-0.15, -0.1) is 0 Å². The van der Waals surface area contributed by atoms with Gasteiger partial charge in [0.1, 0.15) is 10.7 Å². The highest BCUT2D eigenvalue weighted by atomic mass is 32.1. The first-order valence-corrected chi connectivity index (χ1v) is 7.59. The monoisotopic (exact) mass is 298 g/mol. The van der Waals surface area contributed by atoms with Crippen LogP contribution in [-0.2, 0) is 4.74 Å². The van der Waals surface area contributed by atoms with E-state index in [1.54, 1.807) is 12.0 Å². The standard InChI is InChI=1S/C13H22N4O2S/c1-8-6-9(8)7-17(2)12(18)10-11(14)16-13(20-10)15-4-5-19-3/h8-9H,4-7,14H2,1-3H3,(H,15,16). The molecule has 1 fully saturated rings. The van der Waals surface area contributed by atoms with E-state index in [0.717, 1.165) is 12.5 Å². The molecule has 0 aliphatic heterocycles. The van der Waals surface area contributed by atoms with Crippen molar-refractivity contribution in [2.24, 2.45) is 11.8 Å². The third-order valence-corrected chi connectivity index (χ3v) is 4.58. The Hall–Kier alpha value is -1.34. The molecule has 3 N–H and O–H groups in total. The Labute approximate surface area is 123 Å². The molecule has 20 heavy (non-hydrogen) atoms. The van der Waals surface area contributed by atoms with Gasteiger partial charge in [-0.1, -0.05) is 18.3 Å². The number of carbonyl (C=O) groups is 1. The second-order valence-corrected chi connectivity index (χ2v) is 6.31. The van der Waals surface area contributed by atoms with Crippen LogP contribution >= 0.6 is 11.3 Å². The van der Waals surface area contributed by atoms with Crippen molar-refractivity contribution in [3.8, 4) is 0 Å². The molecule has 1 aliphatic rings. The average Bonchev–Trinajstić information content (AvgIpc) is 2.96. The van der Waals surface area contributed by atoms with Crippen LogP contribution in [0.5, 0.6) is 0 Å². The van der Waals surface area contributed by atoms with Crippen LogP contribution in [0.25, 0.3) is 0 Å². The van der Waals surface area contributed by atoms with Gasteiger partial charge in [0.2, 0.25) is 0 Å². The quantitative estimate of drug-likeness (QED) is 0.746. The minimum absolute atomic E-state index is 0.0427. The van der Waals surface area contributed by atoms with Crippen molar-refractivity contribution in [2.75, 3.05) is 44.9 Å². The number of ether oxygens (including phenoxy) is 1. The van der Waals surface area contributed by atoms with E-state index in [1.165, 1.54) is 17.8 Å². The Morgan fingerprint density at radius 3 is 2.95 bits per heavy atom. The summed E-state index contributed by atoms with van der Waals surface area (Å²) in [6.45, 7) is 4.24. The summed E-state index contributed by atoms with van der Waals surface area (Å²) in [5, 5.41) is 3.76. The maximum Gasteiger partial charge on any atom is 0.267 e. The maximum atomic E-state index is 12.3. The zero-order chi connectivity index (χ0) is 14.7. The predicted octanol–water partition coefficient (Wildman–Crippen LogP) is 1.51. The van der Waals surface area contributed by atoms with Gasteiger partial charge in [0.25, 0.3) is 5.91 Å². The molecule has 7 heteroatoms. The SMILES string of the molecule is COCCNc1nc(N)c(C(=O)N(C)CC2CC2C)s1. The molecule has 6 nitrogen and oxygen atoms in total. The Kier molecular flexibility index (Phi) is 4.82. The van der Waals surface area contributed by atoms with Gasteiger partial charge in [-0.3, -0.25) is 4.79 Å². The molecule has 2 atom stereocenters. The molecular weight excluding hydrogens is 276 g/mol. The van der Waals surface area contributed by atoms with E-state index in [1.807, 2.05) is 7.05 Å². The zero-order valence-corrected chi connectivity index (χ0v) is 13.0. The molecule has 1 heterocycles. The van der Waals surface area contributed by atoms with Crippen molar-refractivity contribution >= 4 is 28.2 Å². The lowest BCUT2D eigenvalue weighted by atomic mass is 10.3. The fourth-order valence-corrected chi connectivity index (χ4v) is 2.99. The van der Waals surface area contributed by atoms with E-state index in [2.05, 4.69) is 17.2 Å². The number of hydrogen-bond donors (Lipinski definition) is 2. The minimum Gasteiger partial charge on any atom is -0.383 e. The number of thiazole rings is 1. The second-order valence-electron chi connectivity index (χ2n) is 5.31. The summed E-state index contributed by atoms with van der Waals surface area (Å²) in [6.07, 6.45) is 1.21. The Morgan fingerprint density at radius 2 is 2.35 bits per heavy atom. The number of methoxy groups -OCH3 is 1. The molecule has 0 saturated heterocycles. The van der Waals surface area contributed by atoms with E-state index < -0.39 is 0 Å². The average molecular weight is 298 g/mol. The van der Waals surface area contributed by atoms with Gasteiger partial charge >= 0.3 is 0 Å². The van der Waals surface area contributed by atoms with Crippen LogP contribution in [0.1, 0.15) is 23.0 Å². The van der Waals surface area contributed by atoms with Crippen LogP contribution in [0.3, 0.4) is 0 Å². The lowest BCUT2D eigenvalue weighted by Crippen LogP contribution is -2.29. The molecule has 2 unspecified atom stereocenters. The highest BCUT2D eigenvalue weighted by Gasteiger charge is 2.34. The van der Waals surface area contributed by atoms with E-state index in [4.69, 9.17) is 10.5 Å². The maximum absolute atomic E-state index is 12.3. The molecule has 0 aromatic carbocycles. The molecule has 1 aliphatic carbocycles. The highest BCUT2D eigenvalue weighted by Crippen LogP contribution is 2.38. The first-order valence-electron chi connectivity index (χ1n) is 6.77. The summed E-state index contributed by atoms with van der Waals surface area (Å²) in [5.74, 6) is 1.63. The molecule has 0 bridgehead atoms. The molecule has 0 radical (unpaired) electrons. The molecule has 0 spiro atoms. The highest BCUT2D eigenvalue weighted by molar-refractivity contribution is 7.18. The van der Waals surface area contributed by atoms with Crippen LogP contribution in [0, 0.1) is 11.8 Å². The van der Waals surface area contributed by atoms with Gasteiger partial charge in [0.05, 0.1) is 6.61 Å². The fourth-order valence-electron chi connectivity index (χ4n) is 2.08. The number of nitrogens with two attached hydrogens (primary N) is 1. The van der Waals surface area contributed by atoms with Crippen LogP contribution in [-0.4, -0.2) is 49.6 Å². The van der Waals surface area contributed by atoms with Crippen molar-refractivity contribution in [1.29, 1.82) is 0 Å². The normalized spacial score (nSPS) is 20.8. The van der Waals surface area contributed by atoms with Gasteiger partial charge in [0, 0.05) is 27.2 Å². The van der Waals surface area contributed by atoms with Crippen molar-refractivity contribution in [1.82, 2.24) is 9.88 Å². The number of aromatic nitrogens is 1. The molecule has 2 rings (SSSR count). The van der Waals surface area contributed by atoms with Gasteiger partial charge in [-0.25, -0.2) is 4.98 Å². The van der Waals surface area contributed by atoms with Crippen LogP contribution in [0.15, 0.2) is 0 Å². The van der Waals surface area contributed by atoms with Crippen molar-refractivity contribution < 1.29 is 9.53 Å². The number of amides is 1. The summed E-state index contributed by atoms with van der Waals surface area (Å²) < 4.78 is 4.95. The first-order chi connectivity index (χ1) is 9.52. The summed E-state index contributed by atoms with van der Waals surface area (Å²) in [5.41, 5.74) is 5.84. The number of rotatable bonds is 7. The number of nitrogen functional groups attached to an aromatic ring is 1. The smallest absolute Gasteiger partial charge is 0.267 e. The lowest BCUT2D eigenvalue weighted by Gasteiger charge is -2.15. The number of carbonyl (C=O) groups excluding carboxylic acids is 1. The molecule has 1 saturated carbocycles. The molecular formula is C13H22N4O2S. The third-order valence-electron chi connectivity index (χ3n) is 3.56. The third kappa shape index (κ3) is 3.61. The van der Waals surface area contributed by atoms with Crippen LogP contribution in [0.2, 0.25) is 0 Å². The topological polar surface area (TPSA) is 80.5 Å². The lowest BCUT2D eigenvalue weighted by molar-refractivity contribution is 0.0792. The first kappa shape index (κ1) is 15.1. The van der Waals surface area contributed by atoms with Crippen molar-refractivity contribution in [3.63, 3.8) is 0 Å². The summed E-state index contributed by atoms with van der Waals surface area (Å²) >= 11 is 1.30. The van der Waals surface area contributed by atoms with Gasteiger partial charge in [0.15, 0.2) is 5.13 Å². The van der Waals surface area contributed by atoms with E-state index in [9.17, 15) is 4.79 Å². The van der Waals surface area contributed by atoms with Crippen molar-refractivity contribution in [2.45, 2.75) is 13.3 Å². The molecule has 1 amide bonds. The number of anilines is 2. The number of nitrogens with one attached hydrogen (secondary N) is 1. The second kappa shape index (κ2) is 6.41. The van der Waals surface area contributed by atoms with Gasteiger partial charge in [-0.2, -0.15) is 0 Å².